The minimum Gasteiger partial charge on any atom is -0.483 e. The molecule has 1 aromatic rings. The number of nitro benzene ring substituents is 1. The van der Waals surface area contributed by atoms with Gasteiger partial charge in [-0.3, -0.25) is 10.1 Å². The lowest BCUT2D eigenvalue weighted by Crippen LogP contribution is -2.17. The van der Waals surface area contributed by atoms with Gasteiger partial charge in [0.25, 0.3) is 0 Å². The van der Waals surface area contributed by atoms with Crippen molar-refractivity contribution in [2.75, 3.05) is 0 Å². The summed E-state index contributed by atoms with van der Waals surface area (Å²) in [7, 11) is 0. The third-order valence-electron chi connectivity index (χ3n) is 2.87. The number of ether oxygens (including phenoxy) is 1. The zero-order chi connectivity index (χ0) is 13.3. The summed E-state index contributed by atoms with van der Waals surface area (Å²) in [5.41, 5.74) is -0.340. The second-order valence-electron chi connectivity index (χ2n) is 4.22. The summed E-state index contributed by atoms with van der Waals surface area (Å²) in [6, 6.07) is 2.92. The molecule has 18 heavy (non-hydrogen) atoms. The number of aliphatic hydroxyl groups excluding tert-OH is 2. The van der Waals surface area contributed by atoms with Crippen LogP contribution in [0.15, 0.2) is 18.2 Å². The van der Waals surface area contributed by atoms with Crippen LogP contribution in [0.25, 0.3) is 0 Å². The third-order valence-corrected chi connectivity index (χ3v) is 2.87. The van der Waals surface area contributed by atoms with Gasteiger partial charge in [-0.25, -0.2) is 4.39 Å². The van der Waals surface area contributed by atoms with E-state index in [4.69, 9.17) is 4.74 Å². The predicted molar refractivity (Wildman–Crippen MR) is 58.7 cm³/mol. The molecular formula is C11H12FNO5. The Kier molecular flexibility index (Phi) is 3.44. The molecular weight excluding hydrogens is 245 g/mol. The van der Waals surface area contributed by atoms with Crippen LogP contribution in [0.1, 0.15) is 12.8 Å². The first-order valence-corrected chi connectivity index (χ1v) is 5.44. The Hall–Kier alpha value is -1.73. The van der Waals surface area contributed by atoms with E-state index in [1.165, 1.54) is 0 Å². The zero-order valence-corrected chi connectivity index (χ0v) is 9.32. The van der Waals surface area contributed by atoms with Crippen LogP contribution in [-0.2, 0) is 0 Å². The number of aliphatic hydroxyl groups is 2. The first kappa shape index (κ1) is 12.7. The SMILES string of the molecule is O=[N+]([O-])c1ccc(F)cc1O[C@H]1C[C@@H](O)[C@@H](O)C1. The van der Waals surface area contributed by atoms with Gasteiger partial charge in [-0.05, 0) is 6.07 Å². The summed E-state index contributed by atoms with van der Waals surface area (Å²) in [5, 5.41) is 29.4. The second kappa shape index (κ2) is 4.87. The number of nitrogens with zero attached hydrogens (tertiary/aromatic N) is 1. The second-order valence-corrected chi connectivity index (χ2v) is 4.22. The number of hydrogen-bond donors (Lipinski definition) is 2. The van der Waals surface area contributed by atoms with Gasteiger partial charge in [-0.15, -0.1) is 0 Å². The lowest BCUT2D eigenvalue weighted by Gasteiger charge is -2.12. The Bertz CT molecular complexity index is 457. The van der Waals surface area contributed by atoms with Crippen molar-refractivity contribution >= 4 is 5.69 Å². The average Bonchev–Trinajstić information content (AvgIpc) is 2.57. The molecule has 0 aromatic heterocycles. The van der Waals surface area contributed by atoms with Crippen molar-refractivity contribution in [3.8, 4) is 5.75 Å². The molecule has 0 radical (unpaired) electrons. The van der Waals surface area contributed by atoms with Gasteiger partial charge < -0.3 is 14.9 Å². The van der Waals surface area contributed by atoms with E-state index in [1.807, 2.05) is 0 Å². The van der Waals surface area contributed by atoms with E-state index < -0.39 is 29.1 Å². The highest BCUT2D eigenvalue weighted by molar-refractivity contribution is 5.46. The summed E-state index contributed by atoms with van der Waals surface area (Å²) < 4.78 is 18.3. The lowest BCUT2D eigenvalue weighted by atomic mass is 10.2. The maximum absolute atomic E-state index is 13.0. The Labute approximate surface area is 102 Å². The van der Waals surface area contributed by atoms with Crippen LogP contribution in [0.4, 0.5) is 10.1 Å². The molecule has 0 heterocycles. The molecule has 1 fully saturated rings. The molecule has 0 unspecified atom stereocenters. The number of hydrogen-bond acceptors (Lipinski definition) is 5. The monoisotopic (exact) mass is 257 g/mol. The van der Waals surface area contributed by atoms with Crippen LogP contribution in [-0.4, -0.2) is 33.4 Å². The van der Waals surface area contributed by atoms with E-state index >= 15 is 0 Å². The molecule has 0 spiro atoms. The van der Waals surface area contributed by atoms with Gasteiger partial charge in [0.05, 0.1) is 17.1 Å². The van der Waals surface area contributed by atoms with Crippen molar-refractivity contribution in [2.24, 2.45) is 0 Å². The molecule has 7 heteroatoms. The highest BCUT2D eigenvalue weighted by atomic mass is 19.1. The van der Waals surface area contributed by atoms with Gasteiger partial charge in [-0.2, -0.15) is 0 Å². The van der Waals surface area contributed by atoms with E-state index in [2.05, 4.69) is 0 Å². The molecule has 0 bridgehead atoms. The van der Waals surface area contributed by atoms with Gasteiger partial charge in [0.1, 0.15) is 11.9 Å². The predicted octanol–water partition coefficient (Wildman–Crippen LogP) is 0.997. The summed E-state index contributed by atoms with van der Waals surface area (Å²) in [4.78, 5) is 10.1. The average molecular weight is 257 g/mol. The van der Waals surface area contributed by atoms with E-state index in [0.29, 0.717) is 0 Å². The van der Waals surface area contributed by atoms with Crippen LogP contribution in [0.5, 0.6) is 5.75 Å². The van der Waals surface area contributed by atoms with Crippen molar-refractivity contribution in [3.63, 3.8) is 0 Å². The maximum Gasteiger partial charge on any atom is 0.311 e. The van der Waals surface area contributed by atoms with E-state index in [-0.39, 0.29) is 24.3 Å². The molecule has 0 amide bonds. The molecule has 3 atom stereocenters. The fourth-order valence-electron chi connectivity index (χ4n) is 1.96. The zero-order valence-electron chi connectivity index (χ0n) is 9.32. The highest BCUT2D eigenvalue weighted by Crippen LogP contribution is 2.32. The Morgan fingerprint density at radius 3 is 2.50 bits per heavy atom. The van der Waals surface area contributed by atoms with Crippen molar-refractivity contribution in [1.82, 2.24) is 0 Å². The van der Waals surface area contributed by atoms with Crippen LogP contribution in [0.2, 0.25) is 0 Å². The van der Waals surface area contributed by atoms with Crippen molar-refractivity contribution in [3.05, 3.63) is 34.1 Å². The largest absolute Gasteiger partial charge is 0.483 e. The van der Waals surface area contributed by atoms with Crippen LogP contribution in [0.3, 0.4) is 0 Å². The smallest absolute Gasteiger partial charge is 0.311 e. The third kappa shape index (κ3) is 2.57. The van der Waals surface area contributed by atoms with E-state index in [0.717, 1.165) is 18.2 Å². The summed E-state index contributed by atoms with van der Waals surface area (Å²) in [6.07, 6.45) is -2.07. The molecule has 1 saturated carbocycles. The van der Waals surface area contributed by atoms with Crippen molar-refractivity contribution < 1.29 is 24.3 Å². The molecule has 1 aliphatic carbocycles. The van der Waals surface area contributed by atoms with E-state index in [9.17, 15) is 24.7 Å². The topological polar surface area (TPSA) is 92.8 Å². The number of benzene rings is 1. The van der Waals surface area contributed by atoms with Gasteiger partial charge >= 0.3 is 5.69 Å². The fourth-order valence-corrected chi connectivity index (χ4v) is 1.96. The number of rotatable bonds is 3. The maximum atomic E-state index is 13.0. The number of nitro groups is 1. The minimum atomic E-state index is -0.914. The van der Waals surface area contributed by atoms with Crippen LogP contribution >= 0.6 is 0 Å². The molecule has 2 N–H and O–H groups in total. The van der Waals surface area contributed by atoms with Crippen LogP contribution < -0.4 is 4.74 Å². The molecule has 0 saturated heterocycles. The minimum absolute atomic E-state index is 0.162. The standard InChI is InChI=1S/C11H12FNO5/c12-6-1-2-8(13(16)17)11(3-6)18-7-4-9(14)10(15)5-7/h1-3,7,9-10,14-15H,4-5H2/t7-,9+,10-. The normalized spacial score (nSPS) is 27.2. The Balaban J connectivity index is 2.18. The fraction of sp³-hybridized carbons (Fsp3) is 0.455. The Morgan fingerprint density at radius 2 is 1.94 bits per heavy atom. The van der Waals surface area contributed by atoms with E-state index in [1.54, 1.807) is 0 Å². The summed E-state index contributed by atoms with van der Waals surface area (Å²) in [6.45, 7) is 0. The highest BCUT2D eigenvalue weighted by Gasteiger charge is 2.34. The summed E-state index contributed by atoms with van der Waals surface area (Å²) in [5.74, 6) is -0.832. The van der Waals surface area contributed by atoms with Gasteiger partial charge in [0.2, 0.25) is 0 Å². The van der Waals surface area contributed by atoms with Crippen molar-refractivity contribution in [2.45, 2.75) is 31.2 Å². The number of halogens is 1. The molecule has 1 aromatic carbocycles. The van der Waals surface area contributed by atoms with Crippen molar-refractivity contribution in [1.29, 1.82) is 0 Å². The first-order valence-electron chi connectivity index (χ1n) is 5.44. The molecule has 6 nitrogen and oxygen atoms in total. The first-order chi connectivity index (χ1) is 8.47. The Morgan fingerprint density at radius 1 is 1.33 bits per heavy atom. The molecule has 98 valence electrons. The molecule has 0 aliphatic heterocycles. The molecule has 1 aliphatic rings. The summed E-state index contributed by atoms with van der Waals surface area (Å²) >= 11 is 0. The van der Waals surface area contributed by atoms with Gasteiger partial charge in [0, 0.05) is 25.0 Å². The van der Waals surface area contributed by atoms with Crippen LogP contribution in [0, 0.1) is 15.9 Å². The van der Waals surface area contributed by atoms with Gasteiger partial charge in [0.15, 0.2) is 5.75 Å². The lowest BCUT2D eigenvalue weighted by molar-refractivity contribution is -0.386. The molecule has 2 rings (SSSR count). The quantitative estimate of drug-likeness (QED) is 0.622. The van der Waals surface area contributed by atoms with Gasteiger partial charge in [-0.1, -0.05) is 0 Å².